The topological polar surface area (TPSA) is 108 Å². The number of hydrogen-bond donors (Lipinski definition) is 1. The van der Waals surface area contributed by atoms with Crippen molar-refractivity contribution in [1.82, 2.24) is 4.72 Å². The number of nitrogens with one attached hydrogen (secondary N) is 1. The van der Waals surface area contributed by atoms with E-state index in [2.05, 4.69) is 4.72 Å². The van der Waals surface area contributed by atoms with Crippen LogP contribution in [0.25, 0.3) is 0 Å². The summed E-state index contributed by atoms with van der Waals surface area (Å²) in [5, 5.41) is 11.1. The second-order valence-electron chi connectivity index (χ2n) is 5.05. The van der Waals surface area contributed by atoms with Crippen LogP contribution >= 0.6 is 0 Å². The zero-order chi connectivity index (χ0) is 16.3. The van der Waals surface area contributed by atoms with Crippen LogP contribution in [0.2, 0.25) is 0 Å². The first kappa shape index (κ1) is 16.7. The Morgan fingerprint density at radius 1 is 1.50 bits per heavy atom. The Labute approximate surface area is 128 Å². The van der Waals surface area contributed by atoms with Gasteiger partial charge in [-0.2, -0.15) is 0 Å². The Morgan fingerprint density at radius 2 is 2.23 bits per heavy atom. The quantitative estimate of drug-likeness (QED) is 0.625. The highest BCUT2D eigenvalue weighted by atomic mass is 32.2. The molecule has 122 valence electrons. The zero-order valence-corrected chi connectivity index (χ0v) is 13.1. The summed E-state index contributed by atoms with van der Waals surface area (Å²) in [7, 11) is -2.67. The molecule has 1 N–H and O–H groups in total. The fourth-order valence-corrected chi connectivity index (χ4v) is 3.80. The molecule has 0 amide bonds. The van der Waals surface area contributed by atoms with E-state index < -0.39 is 26.7 Å². The summed E-state index contributed by atoms with van der Waals surface area (Å²) in [4.78, 5) is 9.98. The average molecular weight is 330 g/mol. The average Bonchev–Trinajstić information content (AvgIpc) is 3.00. The zero-order valence-electron chi connectivity index (χ0n) is 12.3. The molecular formula is C13H18N2O6S. The predicted molar refractivity (Wildman–Crippen MR) is 78.4 cm³/mol. The van der Waals surface area contributed by atoms with Gasteiger partial charge >= 0.3 is 0 Å². The van der Waals surface area contributed by atoms with Crippen molar-refractivity contribution < 1.29 is 22.8 Å². The van der Waals surface area contributed by atoms with Gasteiger partial charge in [-0.15, -0.1) is 0 Å². The van der Waals surface area contributed by atoms with Crippen LogP contribution in [0.5, 0.6) is 5.75 Å². The van der Waals surface area contributed by atoms with Crippen LogP contribution in [0.15, 0.2) is 23.1 Å². The van der Waals surface area contributed by atoms with Crippen LogP contribution < -0.4 is 9.46 Å². The predicted octanol–water partition coefficient (Wildman–Crippen LogP) is 1.45. The van der Waals surface area contributed by atoms with Crippen LogP contribution in [0.1, 0.15) is 19.8 Å². The Bertz CT molecular complexity index is 654. The van der Waals surface area contributed by atoms with Crippen LogP contribution in [0, 0.1) is 10.1 Å². The van der Waals surface area contributed by atoms with E-state index in [0.717, 1.165) is 18.9 Å². The van der Waals surface area contributed by atoms with Crippen LogP contribution in [0.3, 0.4) is 0 Å². The summed E-state index contributed by atoms with van der Waals surface area (Å²) in [5.74, 6) is 0.220. The van der Waals surface area contributed by atoms with Gasteiger partial charge < -0.3 is 9.47 Å². The molecule has 22 heavy (non-hydrogen) atoms. The fourth-order valence-electron chi connectivity index (χ4n) is 2.38. The number of ether oxygens (including phenoxy) is 2. The minimum Gasteiger partial charge on any atom is -0.497 e. The number of rotatable bonds is 6. The second-order valence-corrected chi connectivity index (χ2v) is 6.73. The van der Waals surface area contributed by atoms with E-state index in [1.165, 1.54) is 19.2 Å². The normalized spacial score (nSPS) is 19.8. The number of nitro groups is 1. The van der Waals surface area contributed by atoms with Gasteiger partial charge in [-0.05, 0) is 31.9 Å². The van der Waals surface area contributed by atoms with E-state index in [1.807, 2.05) is 0 Å². The standard InChI is InChI=1S/C13H18N2O6S/c1-9(12-4-3-7-21-12)14-22(18,19)13-6-5-10(20-2)8-11(13)15(16)17/h5-6,8-9,12,14H,3-4,7H2,1-2H3/t9-,12+/m0/s1. The van der Waals surface area contributed by atoms with E-state index in [0.29, 0.717) is 6.61 Å². The van der Waals surface area contributed by atoms with Crippen molar-refractivity contribution in [1.29, 1.82) is 0 Å². The van der Waals surface area contributed by atoms with Crippen LogP contribution in [0.4, 0.5) is 5.69 Å². The molecule has 0 aromatic heterocycles. The molecule has 1 heterocycles. The van der Waals surface area contributed by atoms with Gasteiger partial charge in [0.2, 0.25) is 10.0 Å². The summed E-state index contributed by atoms with van der Waals surface area (Å²) in [6, 6.07) is 3.17. The highest BCUT2D eigenvalue weighted by Gasteiger charge is 2.31. The van der Waals surface area contributed by atoms with Crippen LogP contribution in [-0.4, -0.2) is 39.2 Å². The molecule has 0 radical (unpaired) electrons. The first-order valence-corrected chi connectivity index (χ1v) is 8.30. The Morgan fingerprint density at radius 3 is 2.77 bits per heavy atom. The fraction of sp³-hybridized carbons (Fsp3) is 0.538. The third-order valence-corrected chi connectivity index (χ3v) is 5.12. The van der Waals surface area contributed by atoms with Gasteiger partial charge in [-0.1, -0.05) is 0 Å². The molecule has 8 nitrogen and oxygen atoms in total. The smallest absolute Gasteiger partial charge is 0.293 e. The van der Waals surface area contributed by atoms with E-state index in [-0.39, 0.29) is 16.7 Å². The lowest BCUT2D eigenvalue weighted by atomic mass is 10.1. The lowest BCUT2D eigenvalue weighted by Crippen LogP contribution is -2.40. The summed E-state index contributed by atoms with van der Waals surface area (Å²) >= 11 is 0. The number of benzene rings is 1. The minimum atomic E-state index is -4.02. The van der Waals surface area contributed by atoms with Crippen molar-refractivity contribution >= 4 is 15.7 Å². The van der Waals surface area contributed by atoms with Crippen molar-refractivity contribution in [2.75, 3.05) is 13.7 Å². The molecule has 1 saturated heterocycles. The van der Waals surface area contributed by atoms with E-state index >= 15 is 0 Å². The molecule has 1 aliphatic rings. The summed E-state index contributed by atoms with van der Waals surface area (Å²) in [5.41, 5.74) is -0.522. The summed E-state index contributed by atoms with van der Waals surface area (Å²) in [6.07, 6.45) is 1.42. The lowest BCUT2D eigenvalue weighted by molar-refractivity contribution is -0.387. The van der Waals surface area contributed by atoms with Crippen LogP contribution in [-0.2, 0) is 14.8 Å². The summed E-state index contributed by atoms with van der Waals surface area (Å²) < 4.78 is 37.6. The summed E-state index contributed by atoms with van der Waals surface area (Å²) in [6.45, 7) is 2.28. The minimum absolute atomic E-state index is 0.216. The largest absolute Gasteiger partial charge is 0.497 e. The van der Waals surface area contributed by atoms with Crippen molar-refractivity contribution in [2.24, 2.45) is 0 Å². The Kier molecular flexibility index (Phi) is 4.99. The maximum atomic E-state index is 12.4. The molecule has 2 atom stereocenters. The van der Waals surface area contributed by atoms with Gasteiger partial charge in [0.15, 0.2) is 4.90 Å². The first-order chi connectivity index (χ1) is 10.3. The van der Waals surface area contributed by atoms with Gasteiger partial charge in [0.05, 0.1) is 24.2 Å². The van der Waals surface area contributed by atoms with Gasteiger partial charge in [-0.3, -0.25) is 10.1 Å². The Hall–Kier alpha value is -1.71. The number of methoxy groups -OCH3 is 1. The molecule has 9 heteroatoms. The second kappa shape index (κ2) is 6.59. The van der Waals surface area contributed by atoms with Gasteiger partial charge in [-0.25, -0.2) is 13.1 Å². The molecule has 0 bridgehead atoms. The molecule has 1 fully saturated rings. The molecular weight excluding hydrogens is 312 g/mol. The molecule has 1 aliphatic heterocycles. The maximum Gasteiger partial charge on any atom is 0.293 e. The monoisotopic (exact) mass is 330 g/mol. The number of sulfonamides is 1. The van der Waals surface area contributed by atoms with Crippen molar-refractivity contribution in [3.05, 3.63) is 28.3 Å². The van der Waals surface area contributed by atoms with E-state index in [1.54, 1.807) is 6.92 Å². The molecule has 0 unspecified atom stereocenters. The molecule has 0 spiro atoms. The molecule has 2 rings (SSSR count). The van der Waals surface area contributed by atoms with E-state index in [9.17, 15) is 18.5 Å². The van der Waals surface area contributed by atoms with Crippen molar-refractivity contribution in [3.63, 3.8) is 0 Å². The Balaban J connectivity index is 2.30. The maximum absolute atomic E-state index is 12.4. The molecule has 1 aromatic rings. The number of nitrogens with zero attached hydrogens (tertiary/aromatic N) is 1. The van der Waals surface area contributed by atoms with Gasteiger partial charge in [0, 0.05) is 12.6 Å². The lowest BCUT2D eigenvalue weighted by Gasteiger charge is -2.20. The van der Waals surface area contributed by atoms with Gasteiger partial charge in [0.1, 0.15) is 5.75 Å². The molecule has 1 aromatic carbocycles. The third kappa shape index (κ3) is 3.54. The van der Waals surface area contributed by atoms with Crippen molar-refractivity contribution in [2.45, 2.75) is 36.8 Å². The number of hydrogen-bond acceptors (Lipinski definition) is 6. The SMILES string of the molecule is COc1ccc(S(=O)(=O)N[C@@H](C)[C@H]2CCCO2)c([N+](=O)[O-])c1. The number of nitro benzene ring substituents is 1. The highest BCUT2D eigenvalue weighted by molar-refractivity contribution is 7.89. The van der Waals surface area contributed by atoms with Crippen molar-refractivity contribution in [3.8, 4) is 5.75 Å². The van der Waals surface area contributed by atoms with E-state index in [4.69, 9.17) is 9.47 Å². The molecule has 0 saturated carbocycles. The third-order valence-electron chi connectivity index (χ3n) is 3.52. The van der Waals surface area contributed by atoms with Gasteiger partial charge in [0.25, 0.3) is 5.69 Å². The molecule has 0 aliphatic carbocycles. The first-order valence-electron chi connectivity index (χ1n) is 6.81. The highest BCUT2D eigenvalue weighted by Crippen LogP contribution is 2.28.